The van der Waals surface area contributed by atoms with Gasteiger partial charge in [-0.2, -0.15) is 0 Å². The normalized spacial score (nSPS) is 13.2. The van der Waals surface area contributed by atoms with Crippen molar-refractivity contribution in [3.8, 4) is 0 Å². The van der Waals surface area contributed by atoms with Gasteiger partial charge in [-0.15, -0.1) is 0 Å². The molecule has 0 atom stereocenters. The highest BCUT2D eigenvalue weighted by Gasteiger charge is 2.27. The van der Waals surface area contributed by atoms with Crippen molar-refractivity contribution in [3.05, 3.63) is 46.4 Å². The standard InChI is InChI=1S/C14H13NO2.2C2H6/c1-4-6-10-12-9(2)7-5-8-11(12)14(17)15(3)13(10)16;2*1-2/h4-8H,2H2,1,3H3;2*1-2H3/b6-4-;;. The summed E-state index contributed by atoms with van der Waals surface area (Å²) in [6, 6.07) is 5.29. The van der Waals surface area contributed by atoms with E-state index < -0.39 is 0 Å². The number of allylic oxidation sites excluding steroid dienone is 1. The van der Waals surface area contributed by atoms with Crippen LogP contribution in [0.3, 0.4) is 0 Å². The Balaban J connectivity index is 0.000000921. The number of benzene rings is 1. The molecule has 1 aliphatic heterocycles. The zero-order valence-electron chi connectivity index (χ0n) is 13.9. The Kier molecular flexibility index (Phi) is 7.99. The van der Waals surface area contributed by atoms with Crippen LogP contribution in [0.4, 0.5) is 0 Å². The van der Waals surface area contributed by atoms with Crippen LogP contribution in [0.5, 0.6) is 0 Å². The molecule has 3 nitrogen and oxygen atoms in total. The van der Waals surface area contributed by atoms with Gasteiger partial charge in [-0.1, -0.05) is 58.6 Å². The zero-order chi connectivity index (χ0) is 16.6. The molecule has 0 saturated heterocycles. The lowest BCUT2D eigenvalue weighted by Gasteiger charge is -2.21. The number of imide groups is 1. The lowest BCUT2D eigenvalue weighted by atomic mass is 9.99. The van der Waals surface area contributed by atoms with E-state index in [0.29, 0.717) is 21.6 Å². The van der Waals surface area contributed by atoms with E-state index in [1.54, 1.807) is 30.4 Å². The molecule has 1 aliphatic rings. The summed E-state index contributed by atoms with van der Waals surface area (Å²) in [5, 5.41) is 1.35. The van der Waals surface area contributed by atoms with Gasteiger partial charge < -0.3 is 0 Å². The summed E-state index contributed by atoms with van der Waals surface area (Å²) in [7, 11) is 1.49. The first-order valence-electron chi connectivity index (χ1n) is 7.35. The third kappa shape index (κ3) is 3.69. The fourth-order valence-corrected chi connectivity index (χ4v) is 1.98. The topological polar surface area (TPSA) is 37.4 Å². The Labute approximate surface area is 127 Å². The molecule has 0 fully saturated rings. The van der Waals surface area contributed by atoms with Crippen molar-refractivity contribution >= 4 is 24.0 Å². The summed E-state index contributed by atoms with van der Waals surface area (Å²) in [6.07, 6.45) is 3.51. The summed E-state index contributed by atoms with van der Waals surface area (Å²) in [6.45, 7) is 13.7. The number of nitrogens with zero attached hydrogens (tertiary/aromatic N) is 1. The summed E-state index contributed by atoms with van der Waals surface area (Å²) >= 11 is 0. The molecule has 2 rings (SSSR count). The Hall–Kier alpha value is -2.16. The van der Waals surface area contributed by atoms with Crippen LogP contribution in [0, 0.1) is 0 Å². The second-order valence-electron chi connectivity index (χ2n) is 3.92. The Morgan fingerprint density at radius 3 is 2.14 bits per heavy atom. The van der Waals surface area contributed by atoms with Gasteiger partial charge in [0.2, 0.25) is 0 Å². The molecular weight excluding hydrogens is 262 g/mol. The second-order valence-corrected chi connectivity index (χ2v) is 3.92. The van der Waals surface area contributed by atoms with E-state index in [-0.39, 0.29) is 11.8 Å². The van der Waals surface area contributed by atoms with E-state index in [9.17, 15) is 9.59 Å². The van der Waals surface area contributed by atoms with Crippen molar-refractivity contribution in [2.24, 2.45) is 0 Å². The summed E-state index contributed by atoms with van der Waals surface area (Å²) in [5.41, 5.74) is 1.06. The van der Waals surface area contributed by atoms with Crippen LogP contribution in [0.1, 0.15) is 45.0 Å². The van der Waals surface area contributed by atoms with E-state index >= 15 is 0 Å². The van der Waals surface area contributed by atoms with Crippen molar-refractivity contribution in [1.29, 1.82) is 0 Å². The molecule has 0 saturated carbocycles. The molecule has 1 aromatic rings. The first kappa shape index (κ1) is 18.8. The van der Waals surface area contributed by atoms with Crippen LogP contribution in [-0.4, -0.2) is 23.8 Å². The average Bonchev–Trinajstić information content (AvgIpc) is 2.53. The minimum absolute atomic E-state index is 0.274. The molecule has 21 heavy (non-hydrogen) atoms. The van der Waals surface area contributed by atoms with E-state index in [4.69, 9.17) is 0 Å². The van der Waals surface area contributed by atoms with E-state index in [1.807, 2.05) is 34.6 Å². The maximum absolute atomic E-state index is 12.0. The van der Waals surface area contributed by atoms with Crippen molar-refractivity contribution in [2.45, 2.75) is 34.6 Å². The van der Waals surface area contributed by atoms with Gasteiger partial charge in [0, 0.05) is 23.4 Å². The van der Waals surface area contributed by atoms with Crippen LogP contribution in [-0.2, 0) is 4.79 Å². The minimum Gasteiger partial charge on any atom is -0.277 e. The number of fused-ring (bicyclic) bond motifs is 1. The maximum atomic E-state index is 12.0. The van der Waals surface area contributed by atoms with E-state index in [1.165, 1.54) is 7.05 Å². The van der Waals surface area contributed by atoms with Gasteiger partial charge in [0.15, 0.2) is 0 Å². The molecule has 0 radical (unpaired) electrons. The molecule has 1 heterocycles. The van der Waals surface area contributed by atoms with Gasteiger partial charge in [0.05, 0.1) is 0 Å². The summed E-state index contributed by atoms with van der Waals surface area (Å²) < 4.78 is 0. The van der Waals surface area contributed by atoms with Gasteiger partial charge >= 0.3 is 0 Å². The quantitative estimate of drug-likeness (QED) is 0.744. The fourth-order valence-electron chi connectivity index (χ4n) is 1.98. The first-order valence-corrected chi connectivity index (χ1v) is 7.35. The van der Waals surface area contributed by atoms with Crippen molar-refractivity contribution in [3.63, 3.8) is 0 Å². The molecule has 0 spiro atoms. The average molecular weight is 287 g/mol. The van der Waals surface area contributed by atoms with Gasteiger partial charge in [0.25, 0.3) is 11.8 Å². The summed E-state index contributed by atoms with van der Waals surface area (Å²) in [5.74, 6) is -0.555. The Morgan fingerprint density at radius 1 is 1.05 bits per heavy atom. The monoisotopic (exact) mass is 287 g/mol. The number of carbonyl (C=O) groups is 2. The number of carbonyl (C=O) groups excluding carboxylic acids is 2. The minimum atomic E-state index is -0.281. The third-order valence-electron chi connectivity index (χ3n) is 2.82. The predicted molar refractivity (Wildman–Crippen MR) is 89.2 cm³/mol. The highest BCUT2D eigenvalue weighted by Crippen LogP contribution is 2.11. The zero-order valence-corrected chi connectivity index (χ0v) is 13.9. The first-order chi connectivity index (χ1) is 10.1. The number of hydrogen-bond acceptors (Lipinski definition) is 2. The number of amides is 2. The molecule has 0 aliphatic carbocycles. The second kappa shape index (κ2) is 8.90. The molecular formula is C18H25NO2. The fraction of sp³-hybridized carbons (Fsp3) is 0.333. The lowest BCUT2D eigenvalue weighted by molar-refractivity contribution is -0.121. The van der Waals surface area contributed by atoms with Gasteiger partial charge in [-0.3, -0.25) is 14.5 Å². The predicted octanol–water partition coefficient (Wildman–Crippen LogP) is 2.49. The molecule has 0 aromatic heterocycles. The SMILES string of the molecule is C=c1cccc2c1=C(/C=C\C)C(=O)N(C)C2=O.CC.CC. The van der Waals surface area contributed by atoms with E-state index in [2.05, 4.69) is 6.58 Å². The molecule has 0 bridgehead atoms. The summed E-state index contributed by atoms with van der Waals surface area (Å²) in [4.78, 5) is 25.1. The van der Waals surface area contributed by atoms with Crippen LogP contribution in [0.25, 0.3) is 12.2 Å². The maximum Gasteiger partial charge on any atom is 0.261 e. The smallest absolute Gasteiger partial charge is 0.261 e. The largest absolute Gasteiger partial charge is 0.277 e. The van der Waals surface area contributed by atoms with Gasteiger partial charge in [-0.25, -0.2) is 0 Å². The van der Waals surface area contributed by atoms with Gasteiger partial charge in [-0.05, 0) is 18.2 Å². The molecule has 114 valence electrons. The highest BCUT2D eigenvalue weighted by molar-refractivity contribution is 6.26. The highest BCUT2D eigenvalue weighted by atomic mass is 16.2. The Morgan fingerprint density at radius 2 is 1.62 bits per heavy atom. The lowest BCUT2D eigenvalue weighted by Crippen LogP contribution is -2.47. The van der Waals surface area contributed by atoms with E-state index in [0.717, 1.165) is 4.90 Å². The van der Waals surface area contributed by atoms with Crippen LogP contribution >= 0.6 is 0 Å². The van der Waals surface area contributed by atoms with Crippen molar-refractivity contribution in [2.75, 3.05) is 7.05 Å². The van der Waals surface area contributed by atoms with Crippen LogP contribution in [0.15, 0.2) is 30.4 Å². The molecule has 0 unspecified atom stereocenters. The number of hydrogen-bond donors (Lipinski definition) is 0. The van der Waals surface area contributed by atoms with Crippen molar-refractivity contribution in [1.82, 2.24) is 4.90 Å². The van der Waals surface area contributed by atoms with Gasteiger partial charge in [0.1, 0.15) is 0 Å². The van der Waals surface area contributed by atoms with Crippen LogP contribution < -0.4 is 10.4 Å². The van der Waals surface area contributed by atoms with Crippen molar-refractivity contribution < 1.29 is 9.59 Å². The molecule has 0 N–H and O–H groups in total. The molecule has 3 heteroatoms. The molecule has 1 aromatic carbocycles. The number of rotatable bonds is 1. The third-order valence-corrected chi connectivity index (χ3v) is 2.82. The Bertz CT molecular complexity index is 642. The molecule has 2 amide bonds. The van der Waals surface area contributed by atoms with Crippen LogP contribution in [0.2, 0.25) is 0 Å².